The number of aliphatic hydroxyl groups excluding tert-OH is 2. The summed E-state index contributed by atoms with van der Waals surface area (Å²) in [5, 5.41) is 23.0. The minimum Gasteiger partial charge on any atom is -0.466 e. The zero-order chi connectivity index (χ0) is 43.0. The van der Waals surface area contributed by atoms with Crippen LogP contribution >= 0.6 is 0 Å². The van der Waals surface area contributed by atoms with Crippen LogP contribution in [0.5, 0.6) is 0 Å². The van der Waals surface area contributed by atoms with Gasteiger partial charge in [0, 0.05) is 12.8 Å². The molecule has 59 heavy (non-hydrogen) atoms. The van der Waals surface area contributed by atoms with E-state index in [9.17, 15) is 19.8 Å². The first-order valence-corrected chi connectivity index (χ1v) is 25.8. The molecule has 0 saturated heterocycles. The van der Waals surface area contributed by atoms with Crippen molar-refractivity contribution in [1.82, 2.24) is 5.32 Å². The summed E-state index contributed by atoms with van der Waals surface area (Å²) >= 11 is 0. The lowest BCUT2D eigenvalue weighted by Gasteiger charge is -2.20. The number of ether oxygens (including phenoxy) is 1. The highest BCUT2D eigenvalue weighted by Crippen LogP contribution is 2.15. The highest BCUT2D eigenvalue weighted by molar-refractivity contribution is 5.76. The van der Waals surface area contributed by atoms with Crippen LogP contribution in [0.25, 0.3) is 0 Å². The maximum Gasteiger partial charge on any atom is 0.305 e. The molecule has 0 aromatic heterocycles. The van der Waals surface area contributed by atoms with E-state index in [0.717, 1.165) is 83.5 Å². The molecule has 0 aliphatic rings. The molecule has 0 rings (SSSR count). The molecule has 1 amide bonds. The van der Waals surface area contributed by atoms with E-state index >= 15 is 0 Å². The molecule has 3 N–H and O–H groups in total. The van der Waals surface area contributed by atoms with Crippen LogP contribution in [0.4, 0.5) is 0 Å². The summed E-state index contributed by atoms with van der Waals surface area (Å²) in [7, 11) is 0. The third-order valence-electron chi connectivity index (χ3n) is 11.6. The van der Waals surface area contributed by atoms with E-state index in [1.807, 2.05) is 6.08 Å². The van der Waals surface area contributed by atoms with Gasteiger partial charge in [-0.25, -0.2) is 0 Å². The van der Waals surface area contributed by atoms with Gasteiger partial charge in [-0.2, -0.15) is 0 Å². The molecular weight excluding hydrogens is 731 g/mol. The standard InChI is InChI=1S/C53H99NO5/c1-3-5-7-9-11-13-15-17-19-21-22-25-29-33-37-41-45-51(56)50(49-55)54-52(57)46-42-38-34-30-26-24-28-32-36-40-44-48-59-53(58)47-43-39-35-31-27-23-20-18-16-14-12-10-8-6-4-2/h18,20,28,32,41,45,50-51,55-56H,3-17,19,21-27,29-31,33-40,42-44,46-49H2,1-2H3,(H,54,57)/b20-18-,32-28-,45-41+. The van der Waals surface area contributed by atoms with Gasteiger partial charge in [0.1, 0.15) is 0 Å². The number of rotatable bonds is 47. The van der Waals surface area contributed by atoms with Gasteiger partial charge in [-0.3, -0.25) is 9.59 Å². The van der Waals surface area contributed by atoms with Crippen LogP contribution < -0.4 is 5.32 Å². The van der Waals surface area contributed by atoms with Crippen molar-refractivity contribution < 1.29 is 24.5 Å². The molecule has 0 heterocycles. The van der Waals surface area contributed by atoms with E-state index in [1.54, 1.807) is 6.08 Å². The lowest BCUT2D eigenvalue weighted by molar-refractivity contribution is -0.143. The SMILES string of the molecule is CCCCCCCC/C=C\CCCCCCCC(=O)OCCCC/C=C\CCCCCCCC(=O)NC(CO)C(O)/C=C/CCCCCCCCCCCCCCCC. The zero-order valence-corrected chi connectivity index (χ0v) is 39.2. The first kappa shape index (κ1) is 57.1. The third-order valence-corrected chi connectivity index (χ3v) is 11.6. The van der Waals surface area contributed by atoms with Crippen LogP contribution in [-0.2, 0) is 14.3 Å². The number of carbonyl (C=O) groups is 2. The Morgan fingerprint density at radius 1 is 0.458 bits per heavy atom. The van der Waals surface area contributed by atoms with Crippen LogP contribution in [0.3, 0.4) is 0 Å². The monoisotopic (exact) mass is 830 g/mol. The van der Waals surface area contributed by atoms with Crippen molar-refractivity contribution in [2.75, 3.05) is 13.2 Å². The molecule has 0 aliphatic heterocycles. The molecule has 0 aromatic carbocycles. The number of nitrogens with one attached hydrogen (secondary N) is 1. The summed E-state index contributed by atoms with van der Waals surface area (Å²) in [6, 6.07) is -0.649. The Morgan fingerprint density at radius 2 is 0.797 bits per heavy atom. The molecule has 346 valence electrons. The third kappa shape index (κ3) is 45.4. The number of amides is 1. The average Bonchev–Trinajstić information content (AvgIpc) is 3.24. The Balaban J connectivity index is 3.56. The second-order valence-electron chi connectivity index (χ2n) is 17.5. The zero-order valence-electron chi connectivity index (χ0n) is 39.2. The van der Waals surface area contributed by atoms with Gasteiger partial charge in [0.2, 0.25) is 5.91 Å². The van der Waals surface area contributed by atoms with Crippen molar-refractivity contribution in [2.45, 2.75) is 276 Å². The van der Waals surface area contributed by atoms with Crippen molar-refractivity contribution in [3.8, 4) is 0 Å². The number of hydrogen-bond donors (Lipinski definition) is 3. The number of unbranched alkanes of at least 4 members (excludes halogenated alkanes) is 32. The van der Waals surface area contributed by atoms with Crippen molar-refractivity contribution in [3.63, 3.8) is 0 Å². The summed E-state index contributed by atoms with van der Waals surface area (Å²) in [5.41, 5.74) is 0. The van der Waals surface area contributed by atoms with Crippen molar-refractivity contribution in [2.24, 2.45) is 0 Å². The Kier molecular flexibility index (Phi) is 47.2. The van der Waals surface area contributed by atoms with Gasteiger partial charge in [0.15, 0.2) is 0 Å². The molecule has 6 heteroatoms. The molecule has 0 fully saturated rings. The minimum atomic E-state index is -0.863. The fourth-order valence-corrected chi connectivity index (χ4v) is 7.62. The lowest BCUT2D eigenvalue weighted by atomic mass is 10.0. The molecule has 2 unspecified atom stereocenters. The second-order valence-corrected chi connectivity index (χ2v) is 17.5. The number of aliphatic hydroxyl groups is 2. The fourth-order valence-electron chi connectivity index (χ4n) is 7.62. The number of carbonyl (C=O) groups excluding carboxylic acids is 2. The summed E-state index contributed by atoms with van der Waals surface area (Å²) in [5.74, 6) is -0.139. The molecule has 0 radical (unpaired) electrons. The Labute approximate surface area is 366 Å². The summed E-state index contributed by atoms with van der Waals surface area (Å²) < 4.78 is 5.43. The molecule has 0 bridgehead atoms. The lowest BCUT2D eigenvalue weighted by Crippen LogP contribution is -2.45. The predicted molar refractivity (Wildman–Crippen MR) is 255 cm³/mol. The first-order valence-electron chi connectivity index (χ1n) is 25.8. The predicted octanol–water partition coefficient (Wildman–Crippen LogP) is 15.3. The van der Waals surface area contributed by atoms with E-state index in [2.05, 4.69) is 43.5 Å². The van der Waals surface area contributed by atoms with Crippen molar-refractivity contribution in [1.29, 1.82) is 0 Å². The molecule has 6 nitrogen and oxygen atoms in total. The molecular formula is C53H99NO5. The second kappa shape index (κ2) is 48.7. The normalized spacial score (nSPS) is 12.9. The van der Waals surface area contributed by atoms with Crippen molar-refractivity contribution in [3.05, 3.63) is 36.5 Å². The fraction of sp³-hybridized carbons (Fsp3) is 0.849. The van der Waals surface area contributed by atoms with E-state index in [-0.39, 0.29) is 18.5 Å². The van der Waals surface area contributed by atoms with E-state index in [1.165, 1.54) is 154 Å². The van der Waals surface area contributed by atoms with Gasteiger partial charge in [-0.05, 0) is 83.5 Å². The van der Waals surface area contributed by atoms with E-state index < -0.39 is 12.1 Å². The van der Waals surface area contributed by atoms with E-state index in [0.29, 0.717) is 19.4 Å². The largest absolute Gasteiger partial charge is 0.466 e. The average molecular weight is 830 g/mol. The Morgan fingerprint density at radius 3 is 1.20 bits per heavy atom. The van der Waals surface area contributed by atoms with Gasteiger partial charge in [-0.15, -0.1) is 0 Å². The molecule has 2 atom stereocenters. The van der Waals surface area contributed by atoms with Gasteiger partial charge in [0.05, 0.1) is 25.4 Å². The maximum atomic E-state index is 12.4. The minimum absolute atomic E-state index is 0.0414. The highest BCUT2D eigenvalue weighted by Gasteiger charge is 2.18. The van der Waals surface area contributed by atoms with Crippen LogP contribution in [0.1, 0.15) is 264 Å². The quantitative estimate of drug-likeness (QED) is 0.0323. The molecule has 0 aromatic rings. The summed E-state index contributed by atoms with van der Waals surface area (Å²) in [4.78, 5) is 24.4. The van der Waals surface area contributed by atoms with Gasteiger partial charge >= 0.3 is 5.97 Å². The molecule has 0 saturated carbocycles. The maximum absolute atomic E-state index is 12.4. The van der Waals surface area contributed by atoms with Crippen LogP contribution in [0, 0.1) is 0 Å². The summed E-state index contributed by atoms with van der Waals surface area (Å²) in [6.07, 6.45) is 58.6. The van der Waals surface area contributed by atoms with Gasteiger partial charge < -0.3 is 20.3 Å². The van der Waals surface area contributed by atoms with Crippen molar-refractivity contribution >= 4 is 11.9 Å². The summed E-state index contributed by atoms with van der Waals surface area (Å²) in [6.45, 7) is 4.81. The number of esters is 1. The number of allylic oxidation sites excluding steroid dienone is 5. The highest BCUT2D eigenvalue weighted by atomic mass is 16.5. The smallest absolute Gasteiger partial charge is 0.305 e. The Bertz CT molecular complexity index is 962. The number of hydrogen-bond acceptors (Lipinski definition) is 5. The topological polar surface area (TPSA) is 95.9 Å². The molecule has 0 spiro atoms. The Hall–Kier alpha value is -1.92. The molecule has 0 aliphatic carbocycles. The van der Waals surface area contributed by atoms with E-state index in [4.69, 9.17) is 4.74 Å². The first-order chi connectivity index (χ1) is 29.0. The van der Waals surface area contributed by atoms with Crippen LogP contribution in [0.2, 0.25) is 0 Å². The van der Waals surface area contributed by atoms with Gasteiger partial charge in [0.25, 0.3) is 0 Å². The van der Waals surface area contributed by atoms with Crippen LogP contribution in [0.15, 0.2) is 36.5 Å². The van der Waals surface area contributed by atoms with Crippen LogP contribution in [-0.4, -0.2) is 47.4 Å². The van der Waals surface area contributed by atoms with Gasteiger partial charge in [-0.1, -0.05) is 204 Å².